The molecule has 0 aliphatic rings. The molecule has 0 aliphatic carbocycles. The van der Waals surface area contributed by atoms with Gasteiger partial charge < -0.3 is 9.88 Å². The van der Waals surface area contributed by atoms with Crippen LogP contribution < -0.4 is 5.32 Å². The number of halogens is 1. The highest BCUT2D eigenvalue weighted by Gasteiger charge is 2.20. The highest BCUT2D eigenvalue weighted by atomic mass is 79.9. The molecule has 0 aliphatic heterocycles. The SMILES string of the molecule is Cn1c(C(=O)Nc2ccccc2-c2ccccc2)c(Br)c2ccccc21. The van der Waals surface area contributed by atoms with Crippen LogP contribution in [0.25, 0.3) is 22.0 Å². The Kier molecular flexibility index (Phi) is 4.35. The van der Waals surface area contributed by atoms with Crippen molar-refractivity contribution in [3.8, 4) is 11.1 Å². The molecule has 3 aromatic carbocycles. The molecule has 26 heavy (non-hydrogen) atoms. The van der Waals surface area contributed by atoms with Gasteiger partial charge in [0.2, 0.25) is 0 Å². The van der Waals surface area contributed by atoms with Gasteiger partial charge in [-0.1, -0.05) is 66.7 Å². The van der Waals surface area contributed by atoms with Crippen molar-refractivity contribution < 1.29 is 4.79 Å². The normalized spacial score (nSPS) is 10.8. The van der Waals surface area contributed by atoms with Gasteiger partial charge in [0.05, 0.1) is 4.47 Å². The van der Waals surface area contributed by atoms with Gasteiger partial charge >= 0.3 is 0 Å². The van der Waals surface area contributed by atoms with Gasteiger partial charge in [-0.2, -0.15) is 0 Å². The number of hydrogen-bond donors (Lipinski definition) is 1. The van der Waals surface area contributed by atoms with Crippen LogP contribution in [0.4, 0.5) is 5.69 Å². The third-order valence-corrected chi connectivity index (χ3v) is 5.32. The van der Waals surface area contributed by atoms with E-state index < -0.39 is 0 Å². The largest absolute Gasteiger partial charge is 0.339 e. The second-order valence-electron chi connectivity index (χ2n) is 6.10. The number of aryl methyl sites for hydroxylation is 1. The van der Waals surface area contributed by atoms with Crippen molar-refractivity contribution in [3.63, 3.8) is 0 Å². The zero-order valence-corrected chi connectivity index (χ0v) is 15.8. The zero-order valence-electron chi connectivity index (χ0n) is 14.2. The van der Waals surface area contributed by atoms with Crippen LogP contribution in [-0.4, -0.2) is 10.5 Å². The fourth-order valence-electron chi connectivity index (χ4n) is 3.24. The Labute approximate surface area is 160 Å². The van der Waals surface area contributed by atoms with E-state index in [0.717, 1.165) is 32.2 Å². The smallest absolute Gasteiger partial charge is 0.273 e. The highest BCUT2D eigenvalue weighted by molar-refractivity contribution is 9.10. The van der Waals surface area contributed by atoms with E-state index >= 15 is 0 Å². The number of benzene rings is 3. The minimum atomic E-state index is -0.140. The standard InChI is InChI=1S/C22H17BrN2O/c1-25-19-14-8-6-12-17(19)20(23)21(25)22(26)24-18-13-7-5-11-16(18)15-9-3-2-4-10-15/h2-14H,1H3,(H,24,26). The molecule has 0 bridgehead atoms. The molecule has 4 aromatic rings. The fourth-order valence-corrected chi connectivity index (χ4v) is 4.02. The molecule has 128 valence electrons. The summed E-state index contributed by atoms with van der Waals surface area (Å²) in [6.45, 7) is 0. The van der Waals surface area contributed by atoms with Crippen molar-refractivity contribution in [3.05, 3.63) is 89.0 Å². The number of fused-ring (bicyclic) bond motifs is 1. The number of hydrogen-bond acceptors (Lipinski definition) is 1. The first-order valence-corrected chi connectivity index (χ1v) is 9.15. The Bertz CT molecular complexity index is 1060. The minimum Gasteiger partial charge on any atom is -0.339 e. The summed E-state index contributed by atoms with van der Waals surface area (Å²) in [6.07, 6.45) is 0. The van der Waals surface area contributed by atoms with Crippen molar-refractivity contribution in [1.29, 1.82) is 0 Å². The average Bonchev–Trinajstić information content (AvgIpc) is 2.94. The Morgan fingerprint density at radius 1 is 0.885 bits per heavy atom. The summed E-state index contributed by atoms with van der Waals surface area (Å²) in [7, 11) is 1.91. The van der Waals surface area contributed by atoms with Crippen molar-refractivity contribution >= 4 is 38.4 Å². The van der Waals surface area contributed by atoms with Crippen LogP contribution in [-0.2, 0) is 7.05 Å². The molecule has 1 amide bonds. The number of aromatic nitrogens is 1. The lowest BCUT2D eigenvalue weighted by Gasteiger charge is -2.12. The van der Waals surface area contributed by atoms with E-state index in [1.807, 2.05) is 90.5 Å². The van der Waals surface area contributed by atoms with Gasteiger partial charge in [0.25, 0.3) is 5.91 Å². The minimum absolute atomic E-state index is 0.140. The van der Waals surface area contributed by atoms with E-state index in [4.69, 9.17) is 0 Å². The molecule has 0 unspecified atom stereocenters. The third kappa shape index (κ3) is 2.82. The molecule has 4 rings (SSSR count). The van der Waals surface area contributed by atoms with E-state index in [9.17, 15) is 4.79 Å². The molecule has 1 heterocycles. The first kappa shape index (κ1) is 16.6. The Balaban J connectivity index is 1.75. The summed E-state index contributed by atoms with van der Waals surface area (Å²) in [5.41, 5.74) is 4.48. The predicted octanol–water partition coefficient (Wildman–Crippen LogP) is 5.86. The molecule has 0 radical (unpaired) electrons. The Morgan fingerprint density at radius 2 is 1.54 bits per heavy atom. The van der Waals surface area contributed by atoms with Crippen molar-refractivity contribution in [2.24, 2.45) is 7.05 Å². The Morgan fingerprint density at radius 3 is 2.31 bits per heavy atom. The van der Waals surface area contributed by atoms with Crippen LogP contribution in [0.15, 0.2) is 83.3 Å². The van der Waals surface area contributed by atoms with Gasteiger partial charge in [0, 0.05) is 29.2 Å². The molecular formula is C22H17BrN2O. The fraction of sp³-hybridized carbons (Fsp3) is 0.0455. The summed E-state index contributed by atoms with van der Waals surface area (Å²) in [4.78, 5) is 13.0. The van der Waals surface area contributed by atoms with Crippen LogP contribution in [0.1, 0.15) is 10.5 Å². The van der Waals surface area contributed by atoms with E-state index in [-0.39, 0.29) is 5.91 Å². The van der Waals surface area contributed by atoms with E-state index in [2.05, 4.69) is 21.2 Å². The van der Waals surface area contributed by atoms with Gasteiger partial charge in [-0.3, -0.25) is 4.79 Å². The molecule has 3 nitrogen and oxygen atoms in total. The van der Waals surface area contributed by atoms with E-state index in [1.54, 1.807) is 0 Å². The number of nitrogens with one attached hydrogen (secondary N) is 1. The molecule has 1 N–H and O–H groups in total. The molecule has 0 spiro atoms. The van der Waals surface area contributed by atoms with Crippen LogP contribution in [0.5, 0.6) is 0 Å². The van der Waals surface area contributed by atoms with Gasteiger partial charge in [-0.05, 0) is 33.6 Å². The summed E-state index contributed by atoms with van der Waals surface area (Å²) >= 11 is 3.60. The van der Waals surface area contributed by atoms with Gasteiger partial charge in [0.1, 0.15) is 5.69 Å². The number of carbonyl (C=O) groups excluding carboxylic acids is 1. The summed E-state index contributed by atoms with van der Waals surface area (Å²) in [5.74, 6) is -0.140. The zero-order chi connectivity index (χ0) is 18.1. The van der Waals surface area contributed by atoms with E-state index in [1.165, 1.54) is 0 Å². The predicted molar refractivity (Wildman–Crippen MR) is 110 cm³/mol. The summed E-state index contributed by atoms with van der Waals surface area (Å²) < 4.78 is 2.73. The molecule has 1 aromatic heterocycles. The summed E-state index contributed by atoms with van der Waals surface area (Å²) in [6, 6.07) is 25.9. The number of para-hydroxylation sites is 2. The molecular weight excluding hydrogens is 388 g/mol. The third-order valence-electron chi connectivity index (χ3n) is 4.52. The Hall–Kier alpha value is -2.85. The number of nitrogens with zero attached hydrogens (tertiary/aromatic N) is 1. The molecule has 0 saturated carbocycles. The van der Waals surface area contributed by atoms with Crippen molar-refractivity contribution in [1.82, 2.24) is 4.57 Å². The van der Waals surface area contributed by atoms with Crippen molar-refractivity contribution in [2.45, 2.75) is 0 Å². The second-order valence-corrected chi connectivity index (χ2v) is 6.90. The van der Waals surface area contributed by atoms with Gasteiger partial charge in [-0.15, -0.1) is 0 Å². The molecule has 0 fully saturated rings. The van der Waals surface area contributed by atoms with Crippen molar-refractivity contribution in [2.75, 3.05) is 5.32 Å². The molecule has 4 heteroatoms. The first-order valence-electron chi connectivity index (χ1n) is 8.35. The van der Waals surface area contributed by atoms with Gasteiger partial charge in [-0.25, -0.2) is 0 Å². The van der Waals surface area contributed by atoms with Crippen LogP contribution in [0.2, 0.25) is 0 Å². The lowest BCUT2D eigenvalue weighted by Crippen LogP contribution is -2.16. The van der Waals surface area contributed by atoms with Crippen LogP contribution in [0, 0.1) is 0 Å². The van der Waals surface area contributed by atoms with Gasteiger partial charge in [0.15, 0.2) is 0 Å². The number of anilines is 1. The maximum atomic E-state index is 13.0. The quantitative estimate of drug-likeness (QED) is 0.455. The van der Waals surface area contributed by atoms with Crippen LogP contribution in [0.3, 0.4) is 0 Å². The highest BCUT2D eigenvalue weighted by Crippen LogP contribution is 2.32. The van der Waals surface area contributed by atoms with Crippen LogP contribution >= 0.6 is 15.9 Å². The maximum absolute atomic E-state index is 13.0. The monoisotopic (exact) mass is 404 g/mol. The number of rotatable bonds is 3. The molecule has 0 saturated heterocycles. The average molecular weight is 405 g/mol. The molecule has 0 atom stereocenters. The first-order chi connectivity index (χ1) is 12.7. The number of amides is 1. The van der Waals surface area contributed by atoms with E-state index in [0.29, 0.717) is 5.69 Å². The second kappa shape index (κ2) is 6.81. The topological polar surface area (TPSA) is 34.0 Å². The summed E-state index contributed by atoms with van der Waals surface area (Å²) in [5, 5.41) is 4.10. The maximum Gasteiger partial charge on any atom is 0.273 e. The number of carbonyl (C=O) groups is 1. The lowest BCUT2D eigenvalue weighted by molar-refractivity contribution is 0.101. The lowest BCUT2D eigenvalue weighted by atomic mass is 10.0.